The third-order valence-corrected chi connectivity index (χ3v) is 2.09. The molecule has 0 saturated heterocycles. The van der Waals surface area contributed by atoms with Gasteiger partial charge in [0.2, 0.25) is 0 Å². The van der Waals surface area contributed by atoms with Gasteiger partial charge in [0.15, 0.2) is 0 Å². The largest absolute Gasteiger partial charge is 0.508 e. The van der Waals surface area contributed by atoms with E-state index in [1.807, 2.05) is 37.4 Å². The molecule has 2 nitrogen and oxygen atoms in total. The van der Waals surface area contributed by atoms with E-state index in [0.717, 1.165) is 16.8 Å². The van der Waals surface area contributed by atoms with Gasteiger partial charge in [-0.05, 0) is 30.7 Å². The molecular weight excluding hydrogens is 174 g/mol. The molecule has 2 heteroatoms. The number of hydrogen-bond donors (Lipinski definition) is 1. The highest BCUT2D eigenvalue weighted by molar-refractivity contribution is 5.63. The van der Waals surface area contributed by atoms with Gasteiger partial charge in [-0.2, -0.15) is 0 Å². The Bertz CT molecular complexity index is 434. The van der Waals surface area contributed by atoms with Crippen LogP contribution >= 0.6 is 0 Å². The van der Waals surface area contributed by atoms with E-state index in [-0.39, 0.29) is 5.75 Å². The summed E-state index contributed by atoms with van der Waals surface area (Å²) in [6.45, 7) is 1.95. The lowest BCUT2D eigenvalue weighted by Gasteiger charge is -2.01. The Morgan fingerprint density at radius 2 is 1.93 bits per heavy atom. The summed E-state index contributed by atoms with van der Waals surface area (Å²) >= 11 is 0. The van der Waals surface area contributed by atoms with Gasteiger partial charge in [-0.3, -0.25) is 4.98 Å². The second kappa shape index (κ2) is 3.50. The zero-order valence-corrected chi connectivity index (χ0v) is 7.94. The standard InChI is InChI=1S/C12H11NO/c1-9-5-6-11(8-13-9)10-3-2-4-12(14)7-10/h2-8,14H,1H3. The van der Waals surface area contributed by atoms with Gasteiger partial charge in [0.1, 0.15) is 5.75 Å². The number of benzene rings is 1. The van der Waals surface area contributed by atoms with Crippen molar-refractivity contribution in [3.63, 3.8) is 0 Å². The maximum absolute atomic E-state index is 9.31. The average Bonchev–Trinajstić information content (AvgIpc) is 2.19. The molecule has 70 valence electrons. The molecule has 14 heavy (non-hydrogen) atoms. The summed E-state index contributed by atoms with van der Waals surface area (Å²) in [5, 5.41) is 9.31. The first-order chi connectivity index (χ1) is 6.75. The topological polar surface area (TPSA) is 33.1 Å². The predicted octanol–water partition coefficient (Wildman–Crippen LogP) is 2.76. The molecule has 1 heterocycles. The van der Waals surface area contributed by atoms with Crippen molar-refractivity contribution in [1.29, 1.82) is 0 Å². The highest BCUT2D eigenvalue weighted by atomic mass is 16.3. The maximum atomic E-state index is 9.31. The molecule has 2 rings (SSSR count). The minimum absolute atomic E-state index is 0.281. The van der Waals surface area contributed by atoms with Crippen LogP contribution < -0.4 is 0 Å². The van der Waals surface area contributed by atoms with Gasteiger partial charge < -0.3 is 5.11 Å². The number of hydrogen-bond acceptors (Lipinski definition) is 2. The zero-order valence-electron chi connectivity index (χ0n) is 7.94. The SMILES string of the molecule is Cc1ccc(-c2cccc(O)c2)cn1. The van der Waals surface area contributed by atoms with E-state index in [0.29, 0.717) is 0 Å². The number of aryl methyl sites for hydroxylation is 1. The molecule has 0 saturated carbocycles. The number of pyridine rings is 1. The molecule has 0 bridgehead atoms. The number of aromatic hydroxyl groups is 1. The molecular formula is C12H11NO. The first-order valence-electron chi connectivity index (χ1n) is 4.48. The Labute approximate surface area is 82.9 Å². The molecule has 0 aliphatic rings. The maximum Gasteiger partial charge on any atom is 0.116 e. The third-order valence-electron chi connectivity index (χ3n) is 2.09. The Kier molecular flexibility index (Phi) is 2.19. The fourth-order valence-electron chi connectivity index (χ4n) is 1.32. The van der Waals surface area contributed by atoms with Crippen LogP contribution in [0.2, 0.25) is 0 Å². The van der Waals surface area contributed by atoms with Crippen LogP contribution in [0.1, 0.15) is 5.69 Å². The summed E-state index contributed by atoms with van der Waals surface area (Å²) in [5.41, 5.74) is 3.00. The normalized spacial score (nSPS) is 10.1. The Balaban J connectivity index is 2.44. The van der Waals surface area contributed by atoms with Crippen LogP contribution in [0, 0.1) is 6.92 Å². The van der Waals surface area contributed by atoms with Crippen molar-refractivity contribution >= 4 is 0 Å². The number of phenolic OH excluding ortho intramolecular Hbond substituents is 1. The van der Waals surface area contributed by atoms with Crippen molar-refractivity contribution in [3.05, 3.63) is 48.3 Å². The second-order valence-electron chi connectivity index (χ2n) is 3.24. The Morgan fingerprint density at radius 1 is 1.07 bits per heavy atom. The van der Waals surface area contributed by atoms with E-state index in [1.165, 1.54) is 0 Å². The summed E-state index contributed by atoms with van der Waals surface area (Å²) < 4.78 is 0. The van der Waals surface area contributed by atoms with Gasteiger partial charge in [0, 0.05) is 17.5 Å². The van der Waals surface area contributed by atoms with Gasteiger partial charge >= 0.3 is 0 Å². The highest BCUT2D eigenvalue weighted by Crippen LogP contribution is 2.22. The van der Waals surface area contributed by atoms with Gasteiger partial charge in [0.25, 0.3) is 0 Å². The number of nitrogens with zero attached hydrogens (tertiary/aromatic N) is 1. The molecule has 0 amide bonds. The van der Waals surface area contributed by atoms with E-state index in [1.54, 1.807) is 12.1 Å². The molecule has 2 aromatic rings. The lowest BCUT2D eigenvalue weighted by Crippen LogP contribution is -1.82. The highest BCUT2D eigenvalue weighted by Gasteiger charge is 1.98. The van der Waals surface area contributed by atoms with E-state index < -0.39 is 0 Å². The number of rotatable bonds is 1. The minimum Gasteiger partial charge on any atom is -0.508 e. The van der Waals surface area contributed by atoms with Crippen molar-refractivity contribution in [3.8, 4) is 16.9 Å². The van der Waals surface area contributed by atoms with E-state index in [4.69, 9.17) is 0 Å². The molecule has 1 aromatic heterocycles. The summed E-state index contributed by atoms with van der Waals surface area (Å²) in [6.07, 6.45) is 1.81. The first-order valence-corrected chi connectivity index (χ1v) is 4.48. The van der Waals surface area contributed by atoms with Crippen LogP contribution in [0.4, 0.5) is 0 Å². The van der Waals surface area contributed by atoms with Crippen LogP contribution in [0.3, 0.4) is 0 Å². The van der Waals surface area contributed by atoms with Crippen molar-refractivity contribution < 1.29 is 5.11 Å². The second-order valence-corrected chi connectivity index (χ2v) is 3.24. The molecule has 0 spiro atoms. The summed E-state index contributed by atoms with van der Waals surface area (Å²) in [4.78, 5) is 4.20. The Hall–Kier alpha value is -1.83. The van der Waals surface area contributed by atoms with E-state index in [2.05, 4.69) is 4.98 Å². The zero-order chi connectivity index (χ0) is 9.97. The van der Waals surface area contributed by atoms with Gasteiger partial charge in [-0.25, -0.2) is 0 Å². The van der Waals surface area contributed by atoms with Gasteiger partial charge in [-0.15, -0.1) is 0 Å². The van der Waals surface area contributed by atoms with E-state index >= 15 is 0 Å². The molecule has 1 N–H and O–H groups in total. The average molecular weight is 185 g/mol. The van der Waals surface area contributed by atoms with Gasteiger partial charge in [-0.1, -0.05) is 18.2 Å². The number of phenols is 1. The van der Waals surface area contributed by atoms with Crippen molar-refractivity contribution in [2.75, 3.05) is 0 Å². The van der Waals surface area contributed by atoms with E-state index in [9.17, 15) is 5.11 Å². The lowest BCUT2D eigenvalue weighted by molar-refractivity contribution is 0.475. The smallest absolute Gasteiger partial charge is 0.116 e. The molecule has 0 atom stereocenters. The summed E-state index contributed by atoms with van der Waals surface area (Å²) in [7, 11) is 0. The van der Waals surface area contributed by atoms with Crippen LogP contribution in [0.5, 0.6) is 5.75 Å². The number of aromatic nitrogens is 1. The molecule has 1 aromatic carbocycles. The van der Waals surface area contributed by atoms with Crippen LogP contribution in [-0.2, 0) is 0 Å². The summed E-state index contributed by atoms with van der Waals surface area (Å²) in [5.74, 6) is 0.281. The van der Waals surface area contributed by atoms with Crippen LogP contribution in [-0.4, -0.2) is 10.1 Å². The molecule has 0 aliphatic heterocycles. The predicted molar refractivity (Wildman–Crippen MR) is 56.1 cm³/mol. The lowest BCUT2D eigenvalue weighted by atomic mass is 10.1. The van der Waals surface area contributed by atoms with Crippen LogP contribution in [0.15, 0.2) is 42.6 Å². The summed E-state index contributed by atoms with van der Waals surface area (Å²) in [6, 6.07) is 11.1. The van der Waals surface area contributed by atoms with Gasteiger partial charge in [0.05, 0.1) is 0 Å². The molecule has 0 fully saturated rings. The fourth-order valence-corrected chi connectivity index (χ4v) is 1.32. The van der Waals surface area contributed by atoms with Crippen molar-refractivity contribution in [2.24, 2.45) is 0 Å². The Morgan fingerprint density at radius 3 is 2.57 bits per heavy atom. The first kappa shape index (κ1) is 8.75. The van der Waals surface area contributed by atoms with Crippen LogP contribution in [0.25, 0.3) is 11.1 Å². The molecule has 0 aliphatic carbocycles. The molecule has 0 radical (unpaired) electrons. The van der Waals surface area contributed by atoms with Crippen molar-refractivity contribution in [2.45, 2.75) is 6.92 Å². The van der Waals surface area contributed by atoms with Crippen molar-refractivity contribution in [1.82, 2.24) is 4.98 Å². The third kappa shape index (κ3) is 1.74. The monoisotopic (exact) mass is 185 g/mol. The minimum atomic E-state index is 0.281. The quantitative estimate of drug-likeness (QED) is 0.741. The fraction of sp³-hybridized carbons (Fsp3) is 0.0833. The molecule has 0 unspecified atom stereocenters.